The third-order valence-electron chi connectivity index (χ3n) is 4.76. The monoisotopic (exact) mass is 469 g/mol. The van der Waals surface area contributed by atoms with Gasteiger partial charge in [0.15, 0.2) is 23.3 Å². The van der Waals surface area contributed by atoms with E-state index in [4.69, 9.17) is 45.9 Å². The summed E-state index contributed by atoms with van der Waals surface area (Å²) in [5.41, 5.74) is 4.83. The zero-order chi connectivity index (χ0) is 23.5. The van der Waals surface area contributed by atoms with E-state index in [1.807, 2.05) is 0 Å². The molecule has 0 spiro atoms. The summed E-state index contributed by atoms with van der Waals surface area (Å²) in [5.74, 6) is -0.0408. The van der Waals surface area contributed by atoms with Crippen LogP contribution in [0.15, 0.2) is 32.0 Å². The first kappa shape index (κ1) is 23.8. The van der Waals surface area contributed by atoms with Crippen molar-refractivity contribution in [1.82, 2.24) is 9.55 Å². The van der Waals surface area contributed by atoms with Gasteiger partial charge in [0.05, 0.1) is 41.9 Å². The van der Waals surface area contributed by atoms with Crippen molar-refractivity contribution >= 4 is 28.7 Å². The largest absolute Gasteiger partial charge is 0.481 e. The van der Waals surface area contributed by atoms with Gasteiger partial charge in [-0.3, -0.25) is 9.36 Å². The molecule has 1 atom stereocenters. The topological polar surface area (TPSA) is 163 Å². The summed E-state index contributed by atoms with van der Waals surface area (Å²) in [4.78, 5) is 28.3. The quantitative estimate of drug-likeness (QED) is 0.368. The Labute approximate surface area is 187 Å². The molecule has 0 radical (unpaired) electrons. The fourth-order valence-corrected chi connectivity index (χ4v) is 3.02. The number of hydrogen-bond acceptors (Lipinski definition) is 10. The van der Waals surface area contributed by atoms with Crippen molar-refractivity contribution in [3.05, 3.63) is 45.6 Å². The number of esters is 1. The molecule has 4 N–H and O–H groups in total. The Morgan fingerprint density at radius 3 is 2.69 bits per heavy atom. The van der Waals surface area contributed by atoms with Crippen molar-refractivity contribution in [3.8, 4) is 5.75 Å². The van der Waals surface area contributed by atoms with Gasteiger partial charge in [-0.2, -0.15) is 0 Å². The van der Waals surface area contributed by atoms with Gasteiger partial charge in [-0.05, 0) is 13.0 Å². The molecule has 2 aromatic heterocycles. The lowest BCUT2D eigenvalue weighted by atomic mass is 10.1. The average molecular weight is 470 g/mol. The molecule has 0 aliphatic carbocycles. The van der Waals surface area contributed by atoms with Crippen LogP contribution in [0.5, 0.6) is 5.75 Å². The Hall–Kier alpha value is -2.86. The molecule has 1 aromatic carbocycles. The second-order valence-electron chi connectivity index (χ2n) is 7.40. The number of carbonyl (C=O) groups excluding carboxylic acids is 1. The highest BCUT2D eigenvalue weighted by atomic mass is 35.5. The number of aliphatic hydroxyl groups excluding tert-OH is 2. The number of halogens is 1. The zero-order valence-corrected chi connectivity index (χ0v) is 18.3. The number of oxazole rings is 2. The van der Waals surface area contributed by atoms with Crippen LogP contribution in [0.4, 0.5) is 0 Å². The minimum Gasteiger partial charge on any atom is -0.481 e. The first-order chi connectivity index (χ1) is 15.2. The molecule has 0 saturated heterocycles. The molecule has 174 valence electrons. The Balaban J connectivity index is 1.71. The third-order valence-corrected chi connectivity index (χ3v) is 5.05. The summed E-state index contributed by atoms with van der Waals surface area (Å²) in [5, 5.41) is 18.5. The normalized spacial score (nSPS) is 12.8. The van der Waals surface area contributed by atoms with E-state index in [0.717, 1.165) is 0 Å². The van der Waals surface area contributed by atoms with Gasteiger partial charge >= 0.3 is 11.7 Å². The number of aliphatic hydroxyl groups is 2. The number of rotatable bonds is 10. The van der Waals surface area contributed by atoms with Gasteiger partial charge < -0.3 is 34.3 Å². The molecule has 32 heavy (non-hydrogen) atoms. The molecule has 0 amide bonds. The van der Waals surface area contributed by atoms with Crippen molar-refractivity contribution < 1.29 is 33.3 Å². The van der Waals surface area contributed by atoms with Crippen molar-refractivity contribution in [2.45, 2.75) is 38.5 Å². The summed E-state index contributed by atoms with van der Waals surface area (Å²) < 4.78 is 22.7. The van der Waals surface area contributed by atoms with Crippen LogP contribution >= 0.6 is 11.6 Å². The van der Waals surface area contributed by atoms with Crippen molar-refractivity contribution in [2.75, 3.05) is 19.8 Å². The maximum absolute atomic E-state index is 12.3. The van der Waals surface area contributed by atoms with E-state index < -0.39 is 36.6 Å². The Morgan fingerprint density at radius 2 is 2.06 bits per heavy atom. The van der Waals surface area contributed by atoms with E-state index in [1.165, 1.54) is 16.7 Å². The van der Waals surface area contributed by atoms with Crippen LogP contribution in [-0.4, -0.2) is 51.1 Å². The maximum atomic E-state index is 12.3. The van der Waals surface area contributed by atoms with Gasteiger partial charge in [0, 0.05) is 19.5 Å². The molecular weight excluding hydrogens is 446 g/mol. The number of nitrogens with zero attached hydrogens (tertiary/aromatic N) is 2. The van der Waals surface area contributed by atoms with Gasteiger partial charge in [0.2, 0.25) is 0 Å². The van der Waals surface area contributed by atoms with Crippen LogP contribution in [0.1, 0.15) is 31.1 Å². The summed E-state index contributed by atoms with van der Waals surface area (Å²) in [6.07, 6.45) is 0.902. The summed E-state index contributed by atoms with van der Waals surface area (Å²) in [6.45, 7) is 1.96. The highest BCUT2D eigenvalue weighted by Crippen LogP contribution is 2.33. The van der Waals surface area contributed by atoms with Crippen LogP contribution in [-0.2, 0) is 16.1 Å². The minimum atomic E-state index is -1.43. The van der Waals surface area contributed by atoms with Crippen LogP contribution < -0.4 is 16.2 Å². The molecule has 11 nitrogen and oxygen atoms in total. The van der Waals surface area contributed by atoms with E-state index in [2.05, 4.69) is 4.98 Å². The van der Waals surface area contributed by atoms with E-state index in [9.17, 15) is 9.59 Å². The number of ether oxygens (including phenoxy) is 2. The van der Waals surface area contributed by atoms with Crippen molar-refractivity contribution in [1.29, 1.82) is 0 Å². The fourth-order valence-electron chi connectivity index (χ4n) is 2.82. The number of aryl methyl sites for hydroxylation is 2. The van der Waals surface area contributed by atoms with Crippen LogP contribution in [0.3, 0.4) is 0 Å². The zero-order valence-electron chi connectivity index (χ0n) is 17.5. The molecule has 0 bridgehead atoms. The minimum absolute atomic E-state index is 0.0369. The maximum Gasteiger partial charge on any atom is 0.419 e. The van der Waals surface area contributed by atoms with Gasteiger partial charge in [0.25, 0.3) is 0 Å². The van der Waals surface area contributed by atoms with Gasteiger partial charge in [0.1, 0.15) is 12.4 Å². The number of fused-ring (bicyclic) bond motifs is 1. The highest BCUT2D eigenvalue weighted by molar-refractivity contribution is 6.32. The first-order valence-electron chi connectivity index (χ1n) is 9.74. The van der Waals surface area contributed by atoms with Crippen molar-refractivity contribution in [3.63, 3.8) is 0 Å². The highest BCUT2D eigenvalue weighted by Gasteiger charge is 2.25. The Bertz CT molecular complexity index is 1150. The number of aromatic nitrogens is 2. The molecule has 0 aliphatic heterocycles. The predicted octanol–water partition coefficient (Wildman–Crippen LogP) is 1.30. The van der Waals surface area contributed by atoms with Gasteiger partial charge in [-0.1, -0.05) is 11.6 Å². The Morgan fingerprint density at radius 1 is 1.34 bits per heavy atom. The lowest BCUT2D eigenvalue weighted by molar-refractivity contribution is -0.146. The van der Waals surface area contributed by atoms with E-state index >= 15 is 0 Å². The molecule has 0 aliphatic rings. The van der Waals surface area contributed by atoms with E-state index in [1.54, 1.807) is 20.0 Å². The third kappa shape index (κ3) is 5.30. The predicted molar refractivity (Wildman–Crippen MR) is 112 cm³/mol. The number of nitrogens with two attached hydrogens (primary N) is 1. The Kier molecular flexibility index (Phi) is 7.24. The lowest BCUT2D eigenvalue weighted by Crippen LogP contribution is -2.51. The molecule has 0 saturated carbocycles. The SMILES string of the molecule is Cc1ncc(C(C)Oc2cc3oc(=O)n(CCC(=O)OCC(N)(CO)CO)c3cc2Cl)o1. The molecule has 3 rings (SSSR count). The number of benzene rings is 1. The lowest BCUT2D eigenvalue weighted by Gasteiger charge is -2.23. The average Bonchev–Trinajstić information content (AvgIpc) is 3.33. The van der Waals surface area contributed by atoms with E-state index in [0.29, 0.717) is 17.2 Å². The van der Waals surface area contributed by atoms with Gasteiger partial charge in [-0.25, -0.2) is 9.78 Å². The smallest absolute Gasteiger partial charge is 0.419 e. The van der Waals surface area contributed by atoms with Gasteiger partial charge in [-0.15, -0.1) is 0 Å². The fraction of sp³-hybridized carbons (Fsp3) is 0.450. The molecular formula is C20H24ClN3O8. The molecule has 0 fully saturated rings. The molecule has 2 heterocycles. The first-order valence-corrected chi connectivity index (χ1v) is 10.1. The standard InChI is InChI=1S/C20H24ClN3O8/c1-11(17-7-23-12(2)31-17)30-15-6-16-14(5-13(15)21)24(19(28)32-16)4-3-18(27)29-10-20(22,8-25)9-26/h5-7,11,25-26H,3-4,8-10,22H2,1-2H3. The summed E-state index contributed by atoms with van der Waals surface area (Å²) >= 11 is 6.33. The van der Waals surface area contributed by atoms with Crippen LogP contribution in [0.2, 0.25) is 5.02 Å². The van der Waals surface area contributed by atoms with E-state index in [-0.39, 0.29) is 35.9 Å². The molecule has 1 unspecified atom stereocenters. The second kappa shape index (κ2) is 9.74. The molecule has 3 aromatic rings. The second-order valence-corrected chi connectivity index (χ2v) is 7.81. The van der Waals surface area contributed by atoms with Crippen LogP contribution in [0, 0.1) is 6.92 Å². The number of hydrogen-bond donors (Lipinski definition) is 3. The van der Waals surface area contributed by atoms with Crippen molar-refractivity contribution in [2.24, 2.45) is 5.73 Å². The van der Waals surface area contributed by atoms with Crippen LogP contribution in [0.25, 0.3) is 11.1 Å². The summed E-state index contributed by atoms with van der Waals surface area (Å²) in [6, 6.07) is 2.99. The summed E-state index contributed by atoms with van der Waals surface area (Å²) in [7, 11) is 0. The molecule has 12 heteroatoms. The number of carbonyl (C=O) groups is 1.